The molecule has 0 aliphatic heterocycles. The van der Waals surface area contributed by atoms with Crippen molar-refractivity contribution < 1.29 is 0 Å². The van der Waals surface area contributed by atoms with Gasteiger partial charge in [0.05, 0.1) is 0 Å². The van der Waals surface area contributed by atoms with Crippen molar-refractivity contribution in [3.05, 3.63) is 266 Å². The number of rotatable bonds is 8. The summed E-state index contributed by atoms with van der Waals surface area (Å²) in [6.07, 6.45) is 0. The number of hydrogen-bond donors (Lipinski definition) is 0. The zero-order chi connectivity index (χ0) is 53.3. The van der Waals surface area contributed by atoms with Crippen LogP contribution in [0.15, 0.2) is 255 Å². The van der Waals surface area contributed by atoms with E-state index in [9.17, 15) is 0 Å². The maximum absolute atomic E-state index is 2.64. The van der Waals surface area contributed by atoms with Gasteiger partial charge in [0.25, 0.3) is 0 Å². The molecule has 0 unspecified atom stereocenters. The molecule has 16 aromatic carbocycles. The Morgan fingerprint density at radius 3 is 0.625 bits per heavy atom. The molecule has 16 aromatic rings. The van der Waals surface area contributed by atoms with E-state index in [0.717, 1.165) is 0 Å². The quantitative estimate of drug-likeness (QED) is 0.0808. The summed E-state index contributed by atoms with van der Waals surface area (Å²) >= 11 is 0. The monoisotopic (exact) mass is 1010 g/mol. The van der Waals surface area contributed by atoms with Crippen molar-refractivity contribution in [2.24, 2.45) is 0 Å². The van der Waals surface area contributed by atoms with E-state index in [1.165, 1.54) is 162 Å². The lowest BCUT2D eigenvalue weighted by molar-refractivity contribution is 0.877. The lowest BCUT2D eigenvalue weighted by Crippen LogP contribution is -2.54. The van der Waals surface area contributed by atoms with E-state index < -0.39 is 0 Å². The summed E-state index contributed by atoms with van der Waals surface area (Å²) in [6, 6.07) is 98.1. The summed E-state index contributed by atoms with van der Waals surface area (Å²) in [5.74, 6) is 0.488. The molecule has 0 aliphatic carbocycles. The highest BCUT2D eigenvalue weighted by Gasteiger charge is 2.36. The average molecular weight is 1010 g/mol. The molecule has 0 amide bonds. The highest BCUT2D eigenvalue weighted by Crippen LogP contribution is 2.41. The summed E-state index contributed by atoms with van der Waals surface area (Å²) in [5.41, 5.74) is 10.9. The van der Waals surface area contributed by atoms with Crippen LogP contribution in [0, 0.1) is 0 Å². The lowest BCUT2D eigenvalue weighted by Gasteiger charge is -2.29. The van der Waals surface area contributed by atoms with Gasteiger partial charge in [0.1, 0.15) is 0 Å². The van der Waals surface area contributed by atoms with E-state index >= 15 is 0 Å². The van der Waals surface area contributed by atoms with Crippen molar-refractivity contribution >= 4 is 165 Å². The largest absolute Gasteiger partial charge is 0.245 e. The summed E-state index contributed by atoms with van der Waals surface area (Å²) in [4.78, 5) is 0. The Labute approximate surface area is 467 Å². The number of fused-ring (bicyclic) bond motifs is 8. The number of benzene rings is 16. The van der Waals surface area contributed by atoms with Gasteiger partial charge in [0, 0.05) is 0 Å². The fraction of sp³-hybridized carbons (Fsp3) is 0.0769. The molecular formula is C78H56B2. The van der Waals surface area contributed by atoms with Crippen LogP contribution in [-0.4, -0.2) is 13.4 Å². The Hall–Kier alpha value is -9.23. The minimum atomic E-state index is -0.148. The predicted molar refractivity (Wildman–Crippen MR) is 353 cm³/mol. The Kier molecular flexibility index (Phi) is 10.6. The van der Waals surface area contributed by atoms with Crippen LogP contribution < -0.4 is 32.8 Å². The Morgan fingerprint density at radius 2 is 0.412 bits per heavy atom. The molecule has 0 nitrogen and oxygen atoms in total. The smallest absolute Gasteiger partial charge is 0.0623 e. The van der Waals surface area contributed by atoms with Crippen LogP contribution in [0.25, 0.3) is 118 Å². The first kappa shape index (κ1) is 46.8. The van der Waals surface area contributed by atoms with E-state index in [0.29, 0.717) is 0 Å². The second kappa shape index (κ2) is 18.2. The maximum atomic E-state index is 2.64. The van der Waals surface area contributed by atoms with Gasteiger partial charge in [-0.3, -0.25) is 0 Å². The van der Waals surface area contributed by atoms with E-state index in [4.69, 9.17) is 0 Å². The summed E-state index contributed by atoms with van der Waals surface area (Å²) in [7, 11) is 0. The normalized spacial score (nSPS) is 12.2. The molecule has 0 saturated carbocycles. The van der Waals surface area contributed by atoms with Crippen LogP contribution in [0.5, 0.6) is 0 Å². The van der Waals surface area contributed by atoms with Gasteiger partial charge in [0.15, 0.2) is 0 Å². The highest BCUT2D eigenvalue weighted by atomic mass is 14.3. The standard InChI is InChI=1S/C78H56B2/c1-47(2)69-45-71(79(75-57-29-13-5-21-49(57)41-50-22-6-14-30-58(50)75)76-59-31-15-7-23-51(59)42-52-24-8-16-32-60(52)76)67-40-38-66-70(48(3)4)46-72(68-39-37-65(69)73(67)74(66)68)80(77-61-33-17-9-25-53(61)43-54-26-10-18-34-62(54)77)78-63-35-19-11-27-55(63)44-56-28-12-20-36-64(56)78/h5-48H,1-4H3. The molecule has 2 heteroatoms. The lowest BCUT2D eigenvalue weighted by atomic mass is 9.33. The topological polar surface area (TPSA) is 0 Å². The van der Waals surface area contributed by atoms with Gasteiger partial charge in [-0.1, -0.05) is 291 Å². The minimum absolute atomic E-state index is 0.148. The van der Waals surface area contributed by atoms with Crippen LogP contribution in [-0.2, 0) is 0 Å². The van der Waals surface area contributed by atoms with Crippen molar-refractivity contribution in [2.75, 3.05) is 0 Å². The zero-order valence-corrected chi connectivity index (χ0v) is 45.6. The van der Waals surface area contributed by atoms with Crippen LogP contribution >= 0.6 is 0 Å². The zero-order valence-electron chi connectivity index (χ0n) is 45.6. The van der Waals surface area contributed by atoms with E-state index in [2.05, 4.69) is 282 Å². The molecule has 0 heterocycles. The van der Waals surface area contributed by atoms with E-state index in [1.807, 2.05) is 0 Å². The molecule has 16 rings (SSSR count). The van der Waals surface area contributed by atoms with E-state index in [-0.39, 0.29) is 25.3 Å². The average Bonchev–Trinajstić information content (AvgIpc) is 3.60. The molecule has 0 fully saturated rings. The van der Waals surface area contributed by atoms with Crippen LogP contribution in [0.4, 0.5) is 0 Å². The van der Waals surface area contributed by atoms with Gasteiger partial charge in [-0.05, 0) is 166 Å². The van der Waals surface area contributed by atoms with Gasteiger partial charge < -0.3 is 0 Å². The van der Waals surface area contributed by atoms with Gasteiger partial charge >= 0.3 is 0 Å². The third kappa shape index (κ3) is 6.98. The highest BCUT2D eigenvalue weighted by molar-refractivity contribution is 7.03. The molecule has 0 aliphatic rings. The van der Waals surface area contributed by atoms with Crippen molar-refractivity contribution in [1.82, 2.24) is 0 Å². The summed E-state index contributed by atoms with van der Waals surface area (Å²) < 4.78 is 0. The molecular weight excluding hydrogens is 958 g/mol. The molecule has 0 bridgehead atoms. The van der Waals surface area contributed by atoms with Gasteiger partial charge in [-0.25, -0.2) is 0 Å². The van der Waals surface area contributed by atoms with E-state index in [1.54, 1.807) is 0 Å². The Bertz CT molecular complexity index is 4440. The summed E-state index contributed by atoms with van der Waals surface area (Å²) in [5, 5.41) is 28.5. The molecule has 0 N–H and O–H groups in total. The SMILES string of the molecule is CC(C)c1cc(B(c2c3ccccc3cc3ccccc23)c2c3ccccc3cc3ccccc23)c2ccc3c(C(C)C)cc(B(c4c5ccccc5cc5ccccc45)c4c5ccccc5cc5ccccc45)c4ccc1c2c43. The first-order chi connectivity index (χ1) is 39.4. The van der Waals surface area contributed by atoms with Crippen LogP contribution in [0.1, 0.15) is 50.7 Å². The fourth-order valence-electron chi connectivity index (χ4n) is 14.9. The molecule has 374 valence electrons. The Morgan fingerprint density at radius 1 is 0.212 bits per heavy atom. The Balaban J connectivity index is 1.12. The molecule has 0 atom stereocenters. The van der Waals surface area contributed by atoms with Crippen molar-refractivity contribution in [1.29, 1.82) is 0 Å². The second-order valence-corrected chi connectivity index (χ2v) is 23.3. The third-order valence-electron chi connectivity index (χ3n) is 18.3. The van der Waals surface area contributed by atoms with Gasteiger partial charge in [-0.2, -0.15) is 0 Å². The molecule has 0 saturated heterocycles. The fourth-order valence-corrected chi connectivity index (χ4v) is 14.9. The van der Waals surface area contributed by atoms with Crippen LogP contribution in [0.2, 0.25) is 0 Å². The predicted octanol–water partition coefficient (Wildman–Crippen LogP) is 17.1. The molecule has 0 radical (unpaired) electrons. The van der Waals surface area contributed by atoms with Gasteiger partial charge in [0.2, 0.25) is 13.4 Å². The van der Waals surface area contributed by atoms with Crippen molar-refractivity contribution in [3.63, 3.8) is 0 Å². The first-order valence-corrected chi connectivity index (χ1v) is 28.8. The molecule has 80 heavy (non-hydrogen) atoms. The van der Waals surface area contributed by atoms with Crippen molar-refractivity contribution in [3.8, 4) is 0 Å². The maximum Gasteiger partial charge on any atom is 0.245 e. The minimum Gasteiger partial charge on any atom is -0.0623 e. The van der Waals surface area contributed by atoms with Crippen LogP contribution in [0.3, 0.4) is 0 Å². The summed E-state index contributed by atoms with van der Waals surface area (Å²) in [6.45, 7) is 9.33. The number of hydrogen-bond acceptors (Lipinski definition) is 0. The third-order valence-corrected chi connectivity index (χ3v) is 18.3. The van der Waals surface area contributed by atoms with Gasteiger partial charge in [-0.15, -0.1) is 0 Å². The second-order valence-electron chi connectivity index (χ2n) is 23.3. The first-order valence-electron chi connectivity index (χ1n) is 28.8. The molecule has 0 spiro atoms. The molecule has 0 aromatic heterocycles. The van der Waals surface area contributed by atoms with Crippen molar-refractivity contribution in [2.45, 2.75) is 39.5 Å².